The lowest BCUT2D eigenvalue weighted by molar-refractivity contribution is -0.121. The minimum atomic E-state index is -3.13. The van der Waals surface area contributed by atoms with Gasteiger partial charge >= 0.3 is 0 Å². The van der Waals surface area contributed by atoms with Crippen LogP contribution >= 0.6 is 0 Å². The Morgan fingerprint density at radius 2 is 1.75 bits per heavy atom. The summed E-state index contributed by atoms with van der Waals surface area (Å²) in [5.41, 5.74) is 1.20. The molecule has 1 aromatic carbocycles. The van der Waals surface area contributed by atoms with Crippen LogP contribution in [0.15, 0.2) is 30.3 Å². The normalized spacial score (nSPS) is 16.0. The summed E-state index contributed by atoms with van der Waals surface area (Å²) in [5.74, 6) is 0.158. The summed E-state index contributed by atoms with van der Waals surface area (Å²) >= 11 is 0. The quantitative estimate of drug-likeness (QED) is 0.694. The van der Waals surface area contributed by atoms with Crippen molar-refractivity contribution in [2.75, 3.05) is 25.4 Å². The molecule has 1 saturated heterocycles. The van der Waals surface area contributed by atoms with Gasteiger partial charge in [0.1, 0.15) is 0 Å². The Balaban J connectivity index is 1.57. The van der Waals surface area contributed by atoms with Crippen LogP contribution < -0.4 is 5.32 Å². The molecule has 0 unspecified atom stereocenters. The zero-order valence-corrected chi connectivity index (χ0v) is 15.1. The number of carbonyl (C=O) groups excluding carboxylic acids is 1. The van der Waals surface area contributed by atoms with Crippen molar-refractivity contribution in [3.8, 4) is 0 Å². The van der Waals surface area contributed by atoms with Gasteiger partial charge in [0.2, 0.25) is 15.9 Å². The smallest absolute Gasteiger partial charge is 0.220 e. The van der Waals surface area contributed by atoms with E-state index in [9.17, 15) is 13.2 Å². The number of rotatable bonds is 9. The van der Waals surface area contributed by atoms with Crippen molar-refractivity contribution in [1.82, 2.24) is 9.62 Å². The SMILES string of the molecule is O=C(CCCCS(=O)(=O)N1CCCCC1)NCCc1ccccc1. The molecule has 24 heavy (non-hydrogen) atoms. The zero-order chi connectivity index (χ0) is 17.3. The number of piperidine rings is 1. The predicted octanol–water partition coefficient (Wildman–Crippen LogP) is 2.33. The van der Waals surface area contributed by atoms with Crippen LogP contribution in [0.4, 0.5) is 0 Å². The van der Waals surface area contributed by atoms with Crippen LogP contribution in [0.2, 0.25) is 0 Å². The third-order valence-electron chi connectivity index (χ3n) is 4.34. The number of hydrogen-bond donors (Lipinski definition) is 1. The first kappa shape index (κ1) is 18.9. The van der Waals surface area contributed by atoms with Crippen LogP contribution in [0.25, 0.3) is 0 Å². The topological polar surface area (TPSA) is 66.5 Å². The van der Waals surface area contributed by atoms with Gasteiger partial charge < -0.3 is 5.32 Å². The van der Waals surface area contributed by atoms with E-state index in [4.69, 9.17) is 0 Å². The third kappa shape index (κ3) is 6.61. The van der Waals surface area contributed by atoms with Gasteiger partial charge in [0.25, 0.3) is 0 Å². The first-order valence-corrected chi connectivity index (χ1v) is 10.5. The Bertz CT molecular complexity index is 596. The number of sulfonamides is 1. The van der Waals surface area contributed by atoms with Crippen molar-refractivity contribution in [1.29, 1.82) is 0 Å². The van der Waals surface area contributed by atoms with Gasteiger partial charge in [-0.15, -0.1) is 0 Å². The lowest BCUT2D eigenvalue weighted by Crippen LogP contribution is -2.37. The van der Waals surface area contributed by atoms with Crippen LogP contribution in [0.1, 0.15) is 44.1 Å². The molecule has 1 N–H and O–H groups in total. The van der Waals surface area contributed by atoms with Crippen molar-refractivity contribution in [3.63, 3.8) is 0 Å². The van der Waals surface area contributed by atoms with Crippen LogP contribution in [0, 0.1) is 0 Å². The molecular weight excluding hydrogens is 324 g/mol. The highest BCUT2D eigenvalue weighted by atomic mass is 32.2. The fourth-order valence-electron chi connectivity index (χ4n) is 2.92. The first-order chi connectivity index (χ1) is 11.6. The lowest BCUT2D eigenvalue weighted by Gasteiger charge is -2.25. The number of nitrogens with zero attached hydrogens (tertiary/aromatic N) is 1. The summed E-state index contributed by atoms with van der Waals surface area (Å²) in [4.78, 5) is 11.8. The van der Waals surface area contributed by atoms with Gasteiger partial charge in [-0.1, -0.05) is 36.8 Å². The van der Waals surface area contributed by atoms with Crippen molar-refractivity contribution in [2.24, 2.45) is 0 Å². The average molecular weight is 353 g/mol. The van der Waals surface area contributed by atoms with E-state index < -0.39 is 10.0 Å². The van der Waals surface area contributed by atoms with E-state index in [-0.39, 0.29) is 11.7 Å². The van der Waals surface area contributed by atoms with Gasteiger partial charge in [-0.3, -0.25) is 4.79 Å². The fraction of sp³-hybridized carbons (Fsp3) is 0.611. The number of carbonyl (C=O) groups is 1. The van der Waals surface area contributed by atoms with Crippen LogP contribution in [0.3, 0.4) is 0 Å². The molecule has 1 aromatic rings. The summed E-state index contributed by atoms with van der Waals surface area (Å²) < 4.78 is 26.0. The minimum Gasteiger partial charge on any atom is -0.356 e. The molecule has 0 saturated carbocycles. The number of unbranched alkanes of at least 4 members (excludes halogenated alkanes) is 1. The summed E-state index contributed by atoms with van der Waals surface area (Å²) in [7, 11) is -3.13. The first-order valence-electron chi connectivity index (χ1n) is 8.86. The number of benzene rings is 1. The largest absolute Gasteiger partial charge is 0.356 e. The van der Waals surface area contributed by atoms with Crippen molar-refractivity contribution in [2.45, 2.75) is 44.9 Å². The van der Waals surface area contributed by atoms with Gasteiger partial charge in [-0.25, -0.2) is 12.7 Å². The van der Waals surface area contributed by atoms with E-state index in [2.05, 4.69) is 5.32 Å². The van der Waals surface area contributed by atoms with Crippen LogP contribution in [-0.4, -0.2) is 44.0 Å². The highest BCUT2D eigenvalue weighted by Crippen LogP contribution is 2.14. The maximum Gasteiger partial charge on any atom is 0.220 e. The monoisotopic (exact) mass is 352 g/mol. The van der Waals surface area contributed by atoms with Gasteiger partial charge in [0.15, 0.2) is 0 Å². The fourth-order valence-corrected chi connectivity index (χ4v) is 4.56. The molecule has 0 aliphatic carbocycles. The Labute approximate surface area is 145 Å². The second kappa shape index (κ2) is 9.79. The summed E-state index contributed by atoms with van der Waals surface area (Å²) in [6.07, 6.45) is 5.41. The summed E-state index contributed by atoms with van der Waals surface area (Å²) in [6, 6.07) is 10.0. The molecule has 0 spiro atoms. The molecule has 5 nitrogen and oxygen atoms in total. The van der Waals surface area contributed by atoms with E-state index in [0.717, 1.165) is 25.7 Å². The molecule has 6 heteroatoms. The van der Waals surface area contributed by atoms with Crippen LogP contribution in [-0.2, 0) is 21.2 Å². The highest BCUT2D eigenvalue weighted by Gasteiger charge is 2.23. The van der Waals surface area contributed by atoms with Gasteiger partial charge in [-0.2, -0.15) is 0 Å². The Kier molecular flexibility index (Phi) is 7.72. The molecule has 0 bridgehead atoms. The average Bonchev–Trinajstić information content (AvgIpc) is 2.60. The van der Waals surface area contributed by atoms with Gasteiger partial charge in [-0.05, 0) is 37.7 Å². The maximum absolute atomic E-state index is 12.2. The molecule has 1 aliphatic heterocycles. The number of hydrogen-bond acceptors (Lipinski definition) is 3. The minimum absolute atomic E-state index is 0.00121. The third-order valence-corrected chi connectivity index (χ3v) is 6.30. The molecule has 1 aliphatic rings. The molecule has 2 rings (SSSR count). The van der Waals surface area contributed by atoms with Gasteiger partial charge in [0.05, 0.1) is 5.75 Å². The van der Waals surface area contributed by atoms with E-state index in [1.165, 1.54) is 5.56 Å². The zero-order valence-electron chi connectivity index (χ0n) is 14.2. The molecule has 134 valence electrons. The molecular formula is C18H28N2O3S. The van der Waals surface area contributed by atoms with Crippen LogP contribution in [0.5, 0.6) is 0 Å². The summed E-state index contributed by atoms with van der Waals surface area (Å²) in [6.45, 7) is 1.93. The second-order valence-corrected chi connectivity index (χ2v) is 8.41. The van der Waals surface area contributed by atoms with Crippen molar-refractivity contribution >= 4 is 15.9 Å². The molecule has 1 fully saturated rings. The lowest BCUT2D eigenvalue weighted by atomic mass is 10.1. The van der Waals surface area contributed by atoms with E-state index in [0.29, 0.717) is 38.9 Å². The number of nitrogens with one attached hydrogen (secondary N) is 1. The molecule has 0 atom stereocenters. The Hall–Kier alpha value is -1.40. The van der Waals surface area contributed by atoms with E-state index in [1.807, 2.05) is 30.3 Å². The Morgan fingerprint density at radius 3 is 2.46 bits per heavy atom. The predicted molar refractivity (Wildman–Crippen MR) is 96.2 cm³/mol. The maximum atomic E-state index is 12.2. The van der Waals surface area contributed by atoms with Crippen molar-refractivity contribution in [3.05, 3.63) is 35.9 Å². The number of amides is 1. The van der Waals surface area contributed by atoms with E-state index >= 15 is 0 Å². The second-order valence-electron chi connectivity index (χ2n) is 6.32. The standard InChI is InChI=1S/C18H28N2O3S/c21-18(19-13-12-17-9-3-1-4-10-17)11-5-8-16-24(22,23)20-14-6-2-7-15-20/h1,3-4,9-10H,2,5-8,11-16H2,(H,19,21). The van der Waals surface area contributed by atoms with Gasteiger partial charge in [0, 0.05) is 26.1 Å². The summed E-state index contributed by atoms with van der Waals surface area (Å²) in [5, 5.41) is 2.89. The molecule has 0 aromatic heterocycles. The van der Waals surface area contributed by atoms with E-state index in [1.54, 1.807) is 4.31 Å². The van der Waals surface area contributed by atoms with Crippen molar-refractivity contribution < 1.29 is 13.2 Å². The molecule has 1 amide bonds. The Morgan fingerprint density at radius 1 is 1.04 bits per heavy atom. The highest BCUT2D eigenvalue weighted by molar-refractivity contribution is 7.89. The molecule has 0 radical (unpaired) electrons. The molecule has 1 heterocycles.